The molecule has 1 atom stereocenters. The monoisotopic (exact) mass is 376 g/mol. The maximum Gasteiger partial charge on any atom is 0.526 e. The fourth-order valence-corrected chi connectivity index (χ4v) is 2.88. The summed E-state index contributed by atoms with van der Waals surface area (Å²) < 4.78 is 15.4. The van der Waals surface area contributed by atoms with Crippen molar-refractivity contribution >= 4 is 24.8 Å². The number of rotatable bonds is 9. The smallest absolute Gasteiger partial charge is 0.526 e. The molecule has 1 aliphatic rings. The molecular weight excluding hydrogens is 351 g/mol. The lowest BCUT2D eigenvalue weighted by molar-refractivity contribution is -0.152. The number of unbranched alkanes of at least 4 members (excludes halogenated alkanes) is 1. The molecule has 0 unspecified atom stereocenters. The first-order chi connectivity index (χ1) is 13.0. The van der Waals surface area contributed by atoms with Crippen LogP contribution in [-0.2, 0) is 25.5 Å². The predicted octanol–water partition coefficient (Wildman–Crippen LogP) is 2.69. The minimum atomic E-state index is -1.17. The molecule has 0 saturated carbocycles. The molecule has 0 saturated heterocycles. The van der Waals surface area contributed by atoms with Crippen LogP contribution in [-0.4, -0.2) is 36.7 Å². The third-order valence-corrected chi connectivity index (χ3v) is 4.47. The van der Waals surface area contributed by atoms with Crippen LogP contribution in [0.4, 0.5) is 0 Å². The van der Waals surface area contributed by atoms with Crippen LogP contribution in [0.2, 0.25) is 5.82 Å². The van der Waals surface area contributed by atoms with Gasteiger partial charge in [-0.25, -0.2) is 4.79 Å². The van der Waals surface area contributed by atoms with Gasteiger partial charge in [-0.05, 0) is 24.5 Å². The largest absolute Gasteiger partial charge is 0.535 e. The zero-order valence-corrected chi connectivity index (χ0v) is 15.7. The summed E-state index contributed by atoms with van der Waals surface area (Å²) in [5.74, 6) is -1.19. The molecule has 27 heavy (non-hydrogen) atoms. The molecule has 2 rings (SSSR count). The summed E-state index contributed by atoms with van der Waals surface area (Å²) in [4.78, 5) is 35.4. The number of ketones is 1. The van der Waals surface area contributed by atoms with Gasteiger partial charge in [-0.2, -0.15) is 0 Å². The molecule has 0 fully saturated rings. The van der Waals surface area contributed by atoms with Gasteiger partial charge in [0.2, 0.25) is 6.79 Å². The van der Waals surface area contributed by atoms with E-state index < -0.39 is 25.8 Å². The van der Waals surface area contributed by atoms with Crippen molar-refractivity contribution in [2.24, 2.45) is 0 Å². The molecule has 0 aliphatic carbocycles. The van der Waals surface area contributed by atoms with Gasteiger partial charge in [0.15, 0.2) is 0 Å². The summed E-state index contributed by atoms with van der Waals surface area (Å²) >= 11 is 0. The topological polar surface area (TPSA) is 99.1 Å². The van der Waals surface area contributed by atoms with Gasteiger partial charge in [0.05, 0.1) is 0 Å². The molecule has 0 radical (unpaired) electrons. The van der Waals surface area contributed by atoms with Crippen LogP contribution in [0.15, 0.2) is 18.2 Å². The average Bonchev–Trinajstić information content (AvgIpc) is 2.66. The quantitative estimate of drug-likeness (QED) is 0.402. The maximum atomic E-state index is 12.3. The Hall–Kier alpha value is -2.35. The van der Waals surface area contributed by atoms with Gasteiger partial charge in [0.25, 0.3) is 0 Å². The van der Waals surface area contributed by atoms with Crippen molar-refractivity contribution in [2.75, 3.05) is 6.79 Å². The minimum absolute atomic E-state index is 0.0477. The number of ether oxygens (including phenoxy) is 2. The van der Waals surface area contributed by atoms with Gasteiger partial charge in [-0.1, -0.05) is 32.4 Å². The number of benzene rings is 1. The second-order valence-corrected chi connectivity index (χ2v) is 6.53. The number of Topliss-reactive ketones (excluding diaryl/α,β-unsaturated/α-hetero) is 1. The van der Waals surface area contributed by atoms with E-state index in [0.29, 0.717) is 19.3 Å². The average molecular weight is 376 g/mol. The fraction of sp³-hybridized carbons (Fsp3) is 0.526. The number of carbonyl (C=O) groups is 3. The third kappa shape index (κ3) is 5.82. The van der Waals surface area contributed by atoms with E-state index in [1.165, 1.54) is 6.07 Å². The van der Waals surface area contributed by atoms with Crippen molar-refractivity contribution in [3.63, 3.8) is 0 Å². The van der Waals surface area contributed by atoms with E-state index in [4.69, 9.17) is 14.1 Å². The second kappa shape index (κ2) is 10.1. The number of hydrogen-bond donors (Lipinski definition) is 1. The van der Waals surface area contributed by atoms with E-state index >= 15 is 0 Å². The Balaban J connectivity index is 2.00. The van der Waals surface area contributed by atoms with E-state index in [2.05, 4.69) is 0 Å². The predicted molar refractivity (Wildman–Crippen MR) is 98.3 cm³/mol. The highest BCUT2D eigenvalue weighted by molar-refractivity contribution is 6.47. The lowest BCUT2D eigenvalue weighted by Crippen LogP contribution is -2.35. The zero-order chi connectivity index (χ0) is 19.8. The van der Waals surface area contributed by atoms with E-state index in [0.717, 1.165) is 12.0 Å². The number of fused-ring (bicyclic) bond motifs is 1. The molecule has 0 spiro atoms. The Morgan fingerprint density at radius 1 is 1.26 bits per heavy atom. The van der Waals surface area contributed by atoms with Crippen LogP contribution < -0.4 is 4.65 Å². The Morgan fingerprint density at radius 3 is 2.74 bits per heavy atom. The molecule has 1 aromatic carbocycles. The summed E-state index contributed by atoms with van der Waals surface area (Å²) in [6, 6.07) is 4.99. The van der Waals surface area contributed by atoms with Gasteiger partial charge in [0, 0.05) is 25.1 Å². The number of para-hydroxylation sites is 1. The Kier molecular flexibility index (Phi) is 7.85. The molecule has 0 bridgehead atoms. The van der Waals surface area contributed by atoms with Crippen molar-refractivity contribution < 1.29 is 33.5 Å². The Bertz CT molecular complexity index is 689. The summed E-state index contributed by atoms with van der Waals surface area (Å²) in [5.41, 5.74) is 0.875. The Morgan fingerprint density at radius 2 is 2.04 bits per heavy atom. The van der Waals surface area contributed by atoms with Gasteiger partial charge in [-0.15, -0.1) is 0 Å². The number of esters is 2. The normalized spacial score (nSPS) is 15.5. The van der Waals surface area contributed by atoms with Crippen molar-refractivity contribution in [3.05, 3.63) is 29.3 Å². The van der Waals surface area contributed by atoms with Crippen molar-refractivity contribution in [3.8, 4) is 5.75 Å². The van der Waals surface area contributed by atoms with E-state index in [-0.39, 0.29) is 35.8 Å². The SMILES string of the molecule is CCCCC(=O)OCOC(=O)c1cccc2c1OB(O)[C@@H](CC(=O)CC)C2. The van der Waals surface area contributed by atoms with E-state index in [1.54, 1.807) is 19.1 Å². The molecule has 1 N–H and O–H groups in total. The molecule has 146 valence electrons. The van der Waals surface area contributed by atoms with Crippen molar-refractivity contribution in [1.82, 2.24) is 0 Å². The van der Waals surface area contributed by atoms with Gasteiger partial charge < -0.3 is 19.2 Å². The molecule has 1 heterocycles. The summed E-state index contributed by atoms with van der Waals surface area (Å²) in [7, 11) is -1.17. The van der Waals surface area contributed by atoms with Crippen LogP contribution >= 0.6 is 0 Å². The van der Waals surface area contributed by atoms with Gasteiger partial charge >= 0.3 is 19.1 Å². The molecule has 0 amide bonds. The minimum Gasteiger partial charge on any atom is -0.535 e. The molecular formula is C19H25BO7. The van der Waals surface area contributed by atoms with Gasteiger partial charge in [-0.3, -0.25) is 9.59 Å². The van der Waals surface area contributed by atoms with Crippen LogP contribution in [0.5, 0.6) is 5.75 Å². The van der Waals surface area contributed by atoms with Crippen LogP contribution in [0.3, 0.4) is 0 Å². The summed E-state index contributed by atoms with van der Waals surface area (Å²) in [6.45, 7) is 3.26. The highest BCUT2D eigenvalue weighted by Crippen LogP contribution is 2.36. The lowest BCUT2D eigenvalue weighted by atomic mass is 9.64. The lowest BCUT2D eigenvalue weighted by Gasteiger charge is -2.28. The van der Waals surface area contributed by atoms with Crippen LogP contribution in [0.25, 0.3) is 0 Å². The number of carbonyl (C=O) groups excluding carboxylic acids is 3. The first-order valence-corrected chi connectivity index (χ1v) is 9.27. The highest BCUT2D eigenvalue weighted by Gasteiger charge is 2.37. The fourth-order valence-electron chi connectivity index (χ4n) is 2.88. The molecule has 7 nitrogen and oxygen atoms in total. The van der Waals surface area contributed by atoms with E-state index in [9.17, 15) is 19.4 Å². The van der Waals surface area contributed by atoms with Crippen LogP contribution in [0.1, 0.15) is 61.9 Å². The van der Waals surface area contributed by atoms with Crippen LogP contribution in [0, 0.1) is 0 Å². The first-order valence-electron chi connectivity index (χ1n) is 9.27. The number of hydrogen-bond acceptors (Lipinski definition) is 7. The Labute approximate surface area is 159 Å². The summed E-state index contributed by atoms with van der Waals surface area (Å²) in [6.07, 6.45) is 2.91. The molecule has 1 aromatic rings. The molecule has 8 heteroatoms. The van der Waals surface area contributed by atoms with Crippen molar-refractivity contribution in [1.29, 1.82) is 0 Å². The maximum absolute atomic E-state index is 12.3. The zero-order valence-electron chi connectivity index (χ0n) is 15.7. The molecule has 1 aliphatic heterocycles. The highest BCUT2D eigenvalue weighted by atomic mass is 16.7. The standard InChI is InChI=1S/C19H25BO7/c1-3-5-9-17(22)25-12-26-19(23)16-8-6-7-13-10-14(11-15(21)4-2)20(24)27-18(13)16/h6-8,14,24H,3-5,9-12H2,1-2H3/t14-/m1/s1. The first kappa shape index (κ1) is 21.0. The van der Waals surface area contributed by atoms with E-state index in [1.807, 2.05) is 6.92 Å². The third-order valence-electron chi connectivity index (χ3n) is 4.47. The second-order valence-electron chi connectivity index (χ2n) is 6.53. The summed E-state index contributed by atoms with van der Waals surface area (Å²) in [5, 5.41) is 10.2. The van der Waals surface area contributed by atoms with Crippen molar-refractivity contribution in [2.45, 2.75) is 58.2 Å². The van der Waals surface area contributed by atoms with Gasteiger partial charge in [0.1, 0.15) is 17.1 Å². The molecule has 0 aromatic heterocycles.